The van der Waals surface area contributed by atoms with Gasteiger partial charge < -0.3 is 15.4 Å². The van der Waals surface area contributed by atoms with E-state index in [9.17, 15) is 4.79 Å². The summed E-state index contributed by atoms with van der Waals surface area (Å²) in [6.07, 6.45) is 0. The Kier molecular flexibility index (Phi) is 5.52. The molecular weight excluding hydrogens is 392 g/mol. The highest BCUT2D eigenvalue weighted by Gasteiger charge is 2.29. The fourth-order valence-electron chi connectivity index (χ4n) is 3.26. The summed E-state index contributed by atoms with van der Waals surface area (Å²) >= 11 is 2.97. The summed E-state index contributed by atoms with van der Waals surface area (Å²) in [4.78, 5) is 26.4. The quantitative estimate of drug-likeness (QED) is 0.519. The number of morpholine rings is 1. The number of nitrogens with zero attached hydrogens (tertiary/aromatic N) is 3. The van der Waals surface area contributed by atoms with E-state index in [1.165, 1.54) is 16.6 Å². The van der Waals surface area contributed by atoms with Gasteiger partial charge >= 0.3 is 0 Å². The van der Waals surface area contributed by atoms with Crippen LogP contribution >= 0.6 is 23.1 Å². The van der Waals surface area contributed by atoms with E-state index in [0.717, 1.165) is 21.3 Å². The molecule has 0 aliphatic carbocycles. The third-order valence-corrected chi connectivity index (χ3v) is 7.11. The molecule has 2 N–H and O–H groups in total. The van der Waals surface area contributed by atoms with Crippen LogP contribution in [0.2, 0.25) is 0 Å². The van der Waals surface area contributed by atoms with Gasteiger partial charge in [0.15, 0.2) is 5.16 Å². The molecule has 0 radical (unpaired) electrons. The lowest BCUT2D eigenvalue weighted by molar-refractivity contribution is -0.134. The van der Waals surface area contributed by atoms with Crippen LogP contribution in [-0.4, -0.2) is 47.1 Å². The number of nitrogens with two attached hydrogens (primary N) is 1. The second-order valence-corrected chi connectivity index (χ2v) is 8.98. The summed E-state index contributed by atoms with van der Waals surface area (Å²) < 4.78 is 5.39. The van der Waals surface area contributed by atoms with Crippen molar-refractivity contribution in [1.82, 2.24) is 14.9 Å². The number of hydrogen-bond donors (Lipinski definition) is 1. The topological polar surface area (TPSA) is 81.3 Å². The van der Waals surface area contributed by atoms with Crippen LogP contribution in [0.5, 0.6) is 0 Å². The summed E-state index contributed by atoms with van der Waals surface area (Å²) in [6, 6.07) is 9.77. The number of ether oxygens (including phenoxy) is 1. The predicted molar refractivity (Wildman–Crippen MR) is 114 cm³/mol. The molecule has 146 valence electrons. The summed E-state index contributed by atoms with van der Waals surface area (Å²) in [6.45, 7) is 6.45. The summed E-state index contributed by atoms with van der Waals surface area (Å²) in [5.74, 6) is 0.528. The highest BCUT2D eigenvalue weighted by Crippen LogP contribution is 2.39. The average molecular weight is 415 g/mol. The molecule has 1 amide bonds. The van der Waals surface area contributed by atoms with Crippen molar-refractivity contribution in [3.63, 3.8) is 0 Å². The van der Waals surface area contributed by atoms with E-state index in [-0.39, 0.29) is 5.91 Å². The van der Waals surface area contributed by atoms with Crippen LogP contribution in [0.1, 0.15) is 21.3 Å². The first-order chi connectivity index (χ1) is 13.5. The van der Waals surface area contributed by atoms with Crippen LogP contribution in [0, 0.1) is 13.8 Å². The number of aryl methyl sites for hydroxylation is 2. The normalized spacial score (nSPS) is 15.7. The van der Waals surface area contributed by atoms with Crippen LogP contribution in [0.4, 0.5) is 5.82 Å². The van der Waals surface area contributed by atoms with E-state index in [2.05, 4.69) is 11.9 Å². The summed E-state index contributed by atoms with van der Waals surface area (Å²) in [5, 5.41) is 1.03. The Hall–Kier alpha value is -2.16. The number of aromatic nitrogens is 2. The molecule has 1 atom stereocenters. The first kappa shape index (κ1) is 19.2. The molecule has 2 aromatic heterocycles. The molecular formula is C20H22N4O2S2. The zero-order chi connectivity index (χ0) is 19.7. The molecule has 0 bridgehead atoms. The molecule has 1 fully saturated rings. The van der Waals surface area contributed by atoms with Crippen molar-refractivity contribution in [2.75, 3.05) is 32.0 Å². The van der Waals surface area contributed by atoms with Crippen molar-refractivity contribution in [2.24, 2.45) is 0 Å². The van der Waals surface area contributed by atoms with Gasteiger partial charge in [-0.15, -0.1) is 11.3 Å². The predicted octanol–water partition coefficient (Wildman–Crippen LogP) is 3.58. The van der Waals surface area contributed by atoms with Crippen LogP contribution in [0.3, 0.4) is 0 Å². The van der Waals surface area contributed by atoms with Gasteiger partial charge in [0.25, 0.3) is 0 Å². The molecule has 1 saturated heterocycles. The van der Waals surface area contributed by atoms with Gasteiger partial charge in [0.1, 0.15) is 15.9 Å². The number of carbonyl (C=O) groups is 1. The Morgan fingerprint density at radius 1 is 1.21 bits per heavy atom. The van der Waals surface area contributed by atoms with Gasteiger partial charge in [-0.1, -0.05) is 42.1 Å². The van der Waals surface area contributed by atoms with E-state index in [4.69, 9.17) is 15.5 Å². The lowest BCUT2D eigenvalue weighted by Gasteiger charge is -2.30. The zero-order valence-electron chi connectivity index (χ0n) is 15.8. The fourth-order valence-corrected chi connectivity index (χ4v) is 5.40. The van der Waals surface area contributed by atoms with Gasteiger partial charge in [-0.25, -0.2) is 9.97 Å². The largest absolute Gasteiger partial charge is 0.383 e. The van der Waals surface area contributed by atoms with Crippen LogP contribution in [0.15, 0.2) is 35.5 Å². The molecule has 3 aromatic rings. The molecule has 3 heterocycles. The van der Waals surface area contributed by atoms with E-state index in [1.54, 1.807) is 11.3 Å². The lowest BCUT2D eigenvalue weighted by Crippen LogP contribution is -2.42. The van der Waals surface area contributed by atoms with Crippen molar-refractivity contribution in [1.29, 1.82) is 0 Å². The molecule has 4 rings (SSSR count). The van der Waals surface area contributed by atoms with Crippen molar-refractivity contribution in [3.05, 3.63) is 46.3 Å². The van der Waals surface area contributed by atoms with Gasteiger partial charge in [-0.3, -0.25) is 4.79 Å². The number of hydrogen-bond acceptors (Lipinski definition) is 7. The number of anilines is 1. The molecule has 0 spiro atoms. The van der Waals surface area contributed by atoms with Gasteiger partial charge in [-0.2, -0.15) is 0 Å². The van der Waals surface area contributed by atoms with Gasteiger partial charge in [-0.05, 0) is 25.0 Å². The SMILES string of the molecule is Cc1sc2nc(S[C@H](C(=O)N3CCOCC3)c3ccccc3)nc(N)c2c1C. The number of thiophene rings is 1. The molecule has 1 aromatic carbocycles. The maximum absolute atomic E-state index is 13.3. The standard InChI is InChI=1S/C20H22N4O2S2/c1-12-13(2)27-18-15(12)17(21)22-20(23-18)28-16(14-6-4-3-5-7-14)19(25)24-8-10-26-11-9-24/h3-7,16H,8-11H2,1-2H3,(H2,21,22,23)/t16-/m0/s1. The minimum atomic E-state index is -0.418. The highest BCUT2D eigenvalue weighted by atomic mass is 32.2. The van der Waals surface area contributed by atoms with Crippen molar-refractivity contribution in [2.45, 2.75) is 24.3 Å². The minimum Gasteiger partial charge on any atom is -0.383 e. The average Bonchev–Trinajstić information content (AvgIpc) is 3.01. The first-order valence-corrected chi connectivity index (χ1v) is 10.9. The number of thioether (sulfide) groups is 1. The third kappa shape index (κ3) is 3.72. The third-order valence-electron chi connectivity index (χ3n) is 4.91. The number of nitrogen functional groups attached to an aromatic ring is 1. The molecule has 0 saturated carbocycles. The number of fused-ring (bicyclic) bond motifs is 1. The smallest absolute Gasteiger partial charge is 0.240 e. The number of rotatable bonds is 4. The Labute approximate surface area is 172 Å². The van der Waals surface area contributed by atoms with E-state index in [0.29, 0.717) is 37.3 Å². The number of amides is 1. The number of benzene rings is 1. The zero-order valence-corrected chi connectivity index (χ0v) is 17.5. The Morgan fingerprint density at radius 2 is 1.93 bits per heavy atom. The Morgan fingerprint density at radius 3 is 2.64 bits per heavy atom. The molecule has 1 aliphatic heterocycles. The van der Waals surface area contributed by atoms with Crippen molar-refractivity contribution < 1.29 is 9.53 Å². The highest BCUT2D eigenvalue weighted by molar-refractivity contribution is 8.00. The van der Waals surface area contributed by atoms with Crippen LogP contribution < -0.4 is 5.73 Å². The van der Waals surface area contributed by atoms with Gasteiger partial charge in [0.2, 0.25) is 5.91 Å². The van der Waals surface area contributed by atoms with Crippen molar-refractivity contribution >= 4 is 45.0 Å². The molecule has 0 unspecified atom stereocenters. The van der Waals surface area contributed by atoms with E-state index >= 15 is 0 Å². The fraction of sp³-hybridized carbons (Fsp3) is 0.350. The first-order valence-electron chi connectivity index (χ1n) is 9.16. The van der Waals surface area contributed by atoms with Crippen LogP contribution in [0.25, 0.3) is 10.2 Å². The Bertz CT molecular complexity index is 1000. The van der Waals surface area contributed by atoms with Gasteiger partial charge in [0, 0.05) is 18.0 Å². The molecule has 6 nitrogen and oxygen atoms in total. The second-order valence-electron chi connectivity index (χ2n) is 6.70. The van der Waals surface area contributed by atoms with E-state index < -0.39 is 5.25 Å². The maximum atomic E-state index is 13.3. The monoisotopic (exact) mass is 414 g/mol. The molecule has 1 aliphatic rings. The molecule has 8 heteroatoms. The Balaban J connectivity index is 1.69. The van der Waals surface area contributed by atoms with E-state index in [1.807, 2.05) is 42.2 Å². The van der Waals surface area contributed by atoms with Crippen LogP contribution in [-0.2, 0) is 9.53 Å². The number of carbonyl (C=O) groups excluding carboxylic acids is 1. The molecule has 28 heavy (non-hydrogen) atoms. The lowest BCUT2D eigenvalue weighted by atomic mass is 10.1. The summed E-state index contributed by atoms with van der Waals surface area (Å²) in [7, 11) is 0. The maximum Gasteiger partial charge on any atom is 0.240 e. The minimum absolute atomic E-state index is 0.0558. The summed E-state index contributed by atoms with van der Waals surface area (Å²) in [5.41, 5.74) is 8.29. The van der Waals surface area contributed by atoms with Gasteiger partial charge in [0.05, 0.1) is 18.6 Å². The van der Waals surface area contributed by atoms with Crippen molar-refractivity contribution in [3.8, 4) is 0 Å². The second kappa shape index (κ2) is 8.06.